The number of hydrazine groups is 1. The second-order valence-corrected chi connectivity index (χ2v) is 6.81. The van der Waals surface area contributed by atoms with Crippen LogP contribution in [0, 0.1) is 0 Å². The normalized spacial score (nSPS) is 15.5. The summed E-state index contributed by atoms with van der Waals surface area (Å²) >= 11 is 7.49. The first-order chi connectivity index (χ1) is 10.1. The number of halogens is 1. The highest BCUT2D eigenvalue weighted by molar-refractivity contribution is 8.00. The molecule has 0 bridgehead atoms. The Bertz CT molecular complexity index is 504. The van der Waals surface area contributed by atoms with Crippen molar-refractivity contribution < 1.29 is 9.59 Å². The number of nitrogens with one attached hydrogen (secondary N) is 2. The van der Waals surface area contributed by atoms with Crippen LogP contribution in [0.25, 0.3) is 0 Å². The van der Waals surface area contributed by atoms with Gasteiger partial charge in [-0.1, -0.05) is 36.9 Å². The topological polar surface area (TPSA) is 58.2 Å². The van der Waals surface area contributed by atoms with Gasteiger partial charge in [-0.3, -0.25) is 20.4 Å². The Morgan fingerprint density at radius 3 is 2.67 bits per heavy atom. The van der Waals surface area contributed by atoms with Crippen LogP contribution in [-0.2, 0) is 4.79 Å². The molecule has 2 amide bonds. The summed E-state index contributed by atoms with van der Waals surface area (Å²) in [5.74, 6) is -0.171. The first-order valence-corrected chi connectivity index (χ1v) is 8.54. The van der Waals surface area contributed by atoms with Crippen LogP contribution in [0.4, 0.5) is 0 Å². The third-order valence-corrected chi connectivity index (χ3v) is 5.01. The molecule has 0 aliphatic heterocycles. The molecule has 1 aliphatic rings. The molecule has 1 aliphatic carbocycles. The van der Waals surface area contributed by atoms with Crippen molar-refractivity contribution in [1.82, 2.24) is 10.9 Å². The van der Waals surface area contributed by atoms with Crippen molar-refractivity contribution >= 4 is 35.2 Å². The number of thioether (sulfide) groups is 1. The van der Waals surface area contributed by atoms with E-state index < -0.39 is 0 Å². The van der Waals surface area contributed by atoms with E-state index in [1.165, 1.54) is 32.1 Å². The van der Waals surface area contributed by atoms with Gasteiger partial charge in [-0.2, -0.15) is 0 Å². The smallest absolute Gasteiger partial charge is 0.269 e. The third kappa shape index (κ3) is 5.59. The number of carbonyl (C=O) groups excluding carboxylic acids is 2. The van der Waals surface area contributed by atoms with E-state index in [0.717, 1.165) is 0 Å². The van der Waals surface area contributed by atoms with Crippen molar-refractivity contribution in [2.75, 3.05) is 5.75 Å². The summed E-state index contributed by atoms with van der Waals surface area (Å²) in [5, 5.41) is 1.06. The molecule has 114 valence electrons. The highest BCUT2D eigenvalue weighted by Gasteiger charge is 2.15. The molecule has 1 saturated carbocycles. The Balaban J connectivity index is 1.69. The number of hydrogen-bond donors (Lipinski definition) is 2. The Morgan fingerprint density at radius 1 is 1.19 bits per heavy atom. The van der Waals surface area contributed by atoms with E-state index in [2.05, 4.69) is 10.9 Å². The summed E-state index contributed by atoms with van der Waals surface area (Å²) in [5.41, 5.74) is 5.26. The molecule has 0 heterocycles. The van der Waals surface area contributed by atoms with E-state index >= 15 is 0 Å². The van der Waals surface area contributed by atoms with Crippen LogP contribution in [0.1, 0.15) is 42.5 Å². The van der Waals surface area contributed by atoms with Gasteiger partial charge in [-0.15, -0.1) is 11.8 Å². The summed E-state index contributed by atoms with van der Waals surface area (Å²) < 4.78 is 0. The largest absolute Gasteiger partial charge is 0.272 e. The maximum absolute atomic E-state index is 11.8. The number of hydrogen-bond acceptors (Lipinski definition) is 3. The molecule has 4 nitrogen and oxygen atoms in total. The van der Waals surface area contributed by atoms with Crippen molar-refractivity contribution in [1.29, 1.82) is 0 Å². The second kappa shape index (κ2) is 8.29. The van der Waals surface area contributed by atoms with Gasteiger partial charge in [0.05, 0.1) is 5.75 Å². The Hall–Kier alpha value is -1.20. The van der Waals surface area contributed by atoms with Gasteiger partial charge in [0.15, 0.2) is 0 Å². The molecule has 0 unspecified atom stereocenters. The minimum atomic E-state index is -0.367. The zero-order valence-corrected chi connectivity index (χ0v) is 13.3. The molecule has 1 aromatic rings. The summed E-state index contributed by atoms with van der Waals surface area (Å²) in [6.07, 6.45) is 6.19. The van der Waals surface area contributed by atoms with Crippen LogP contribution >= 0.6 is 23.4 Å². The highest BCUT2D eigenvalue weighted by Crippen LogP contribution is 2.27. The summed E-state index contributed by atoms with van der Waals surface area (Å²) in [7, 11) is 0. The lowest BCUT2D eigenvalue weighted by Gasteiger charge is -2.20. The lowest BCUT2D eigenvalue weighted by molar-refractivity contribution is -0.119. The summed E-state index contributed by atoms with van der Waals surface area (Å²) in [6.45, 7) is 0. The van der Waals surface area contributed by atoms with Gasteiger partial charge in [0.25, 0.3) is 5.91 Å². The second-order valence-electron chi connectivity index (χ2n) is 5.08. The van der Waals surface area contributed by atoms with Gasteiger partial charge >= 0.3 is 0 Å². The standard InChI is InChI=1S/C15H19ClN2O2S/c16-12-6-4-5-11(9-12)15(20)18-17-14(19)10-21-13-7-2-1-3-8-13/h4-6,9,13H,1-3,7-8,10H2,(H,17,19)(H,18,20). The fourth-order valence-corrected chi connectivity index (χ4v) is 3.61. The van der Waals surface area contributed by atoms with Crippen LogP contribution in [0.5, 0.6) is 0 Å². The fraction of sp³-hybridized carbons (Fsp3) is 0.467. The fourth-order valence-electron chi connectivity index (χ4n) is 2.29. The Kier molecular flexibility index (Phi) is 6.39. The van der Waals surface area contributed by atoms with E-state index in [0.29, 0.717) is 21.6 Å². The number of amides is 2. The lowest BCUT2D eigenvalue weighted by atomic mass is 10.0. The van der Waals surface area contributed by atoms with Crippen LogP contribution < -0.4 is 10.9 Å². The average Bonchev–Trinajstić information content (AvgIpc) is 2.51. The van der Waals surface area contributed by atoms with Gasteiger partial charge < -0.3 is 0 Å². The van der Waals surface area contributed by atoms with Crippen LogP contribution in [-0.4, -0.2) is 22.8 Å². The number of rotatable bonds is 4. The zero-order chi connectivity index (χ0) is 15.1. The highest BCUT2D eigenvalue weighted by atomic mass is 35.5. The summed E-state index contributed by atoms with van der Waals surface area (Å²) in [6, 6.07) is 6.58. The number of benzene rings is 1. The molecule has 6 heteroatoms. The van der Waals surface area contributed by atoms with Crippen molar-refractivity contribution in [2.24, 2.45) is 0 Å². The van der Waals surface area contributed by atoms with Gasteiger partial charge in [0.2, 0.25) is 5.91 Å². The first-order valence-electron chi connectivity index (χ1n) is 7.11. The molecule has 1 aromatic carbocycles. The minimum absolute atomic E-state index is 0.180. The molecule has 0 aromatic heterocycles. The first kappa shape index (κ1) is 16.2. The van der Waals surface area contributed by atoms with Crippen LogP contribution in [0.2, 0.25) is 5.02 Å². The maximum atomic E-state index is 11.8. The molecule has 0 radical (unpaired) electrons. The van der Waals surface area contributed by atoms with Crippen molar-refractivity contribution in [3.8, 4) is 0 Å². The molecule has 0 saturated heterocycles. The lowest BCUT2D eigenvalue weighted by Crippen LogP contribution is -2.42. The molecule has 0 atom stereocenters. The quantitative estimate of drug-likeness (QED) is 0.836. The van der Waals surface area contributed by atoms with Crippen LogP contribution in [0.3, 0.4) is 0 Å². The van der Waals surface area contributed by atoms with Gasteiger partial charge in [-0.05, 0) is 31.0 Å². The maximum Gasteiger partial charge on any atom is 0.269 e. The minimum Gasteiger partial charge on any atom is -0.272 e. The van der Waals surface area contributed by atoms with E-state index in [-0.39, 0.29) is 11.8 Å². The molecule has 2 rings (SSSR count). The van der Waals surface area contributed by atoms with Crippen molar-refractivity contribution in [2.45, 2.75) is 37.4 Å². The number of carbonyl (C=O) groups is 2. The zero-order valence-electron chi connectivity index (χ0n) is 11.7. The molecular weight excluding hydrogens is 308 g/mol. The van der Waals surface area contributed by atoms with Crippen LogP contribution in [0.15, 0.2) is 24.3 Å². The predicted octanol–water partition coefficient (Wildman–Crippen LogP) is 3.17. The van der Waals surface area contributed by atoms with Crippen molar-refractivity contribution in [3.63, 3.8) is 0 Å². The molecule has 2 N–H and O–H groups in total. The van der Waals surface area contributed by atoms with E-state index in [1.54, 1.807) is 36.0 Å². The van der Waals surface area contributed by atoms with Gasteiger partial charge in [-0.25, -0.2) is 0 Å². The third-order valence-electron chi connectivity index (χ3n) is 3.40. The van der Waals surface area contributed by atoms with E-state index in [1.807, 2.05) is 0 Å². The average molecular weight is 327 g/mol. The Morgan fingerprint density at radius 2 is 1.95 bits per heavy atom. The molecule has 21 heavy (non-hydrogen) atoms. The molecular formula is C15H19ClN2O2S. The van der Waals surface area contributed by atoms with E-state index in [9.17, 15) is 9.59 Å². The van der Waals surface area contributed by atoms with Crippen molar-refractivity contribution in [3.05, 3.63) is 34.9 Å². The van der Waals surface area contributed by atoms with Gasteiger partial charge in [0, 0.05) is 15.8 Å². The van der Waals surface area contributed by atoms with E-state index in [4.69, 9.17) is 11.6 Å². The Labute approximate surface area is 134 Å². The summed E-state index contributed by atoms with van der Waals surface area (Å²) in [4.78, 5) is 23.5. The molecule has 1 fully saturated rings. The SMILES string of the molecule is O=C(CSC1CCCCC1)NNC(=O)c1cccc(Cl)c1. The predicted molar refractivity (Wildman–Crippen MR) is 86.4 cm³/mol. The molecule has 0 spiro atoms. The monoisotopic (exact) mass is 326 g/mol. The van der Waals surface area contributed by atoms with Gasteiger partial charge in [0.1, 0.15) is 0 Å².